The Hall–Kier alpha value is -3.95. The molecule has 9 heteroatoms. The van der Waals surface area contributed by atoms with Crippen LogP contribution < -0.4 is 4.74 Å². The number of piperazine rings is 1. The van der Waals surface area contributed by atoms with Gasteiger partial charge < -0.3 is 14.2 Å². The Morgan fingerprint density at radius 1 is 0.854 bits per heavy atom. The summed E-state index contributed by atoms with van der Waals surface area (Å²) in [5.41, 5.74) is 5.32. The van der Waals surface area contributed by atoms with E-state index in [4.69, 9.17) is 4.74 Å². The molecule has 1 aromatic heterocycles. The first kappa shape index (κ1) is 28.6. The van der Waals surface area contributed by atoms with E-state index in [9.17, 15) is 13.2 Å². The molecule has 0 spiro atoms. The summed E-state index contributed by atoms with van der Waals surface area (Å²) in [6.45, 7) is 8.28. The van der Waals surface area contributed by atoms with Gasteiger partial charge >= 0.3 is 0 Å². The molecule has 0 unspecified atom stereocenters. The first-order valence-corrected chi connectivity index (χ1v) is 15.0. The number of carbonyl (C=O) groups excluding carboxylic acids is 1. The molecule has 3 aromatic carbocycles. The molecule has 0 atom stereocenters. The highest BCUT2D eigenvalue weighted by Gasteiger charge is 2.33. The lowest BCUT2D eigenvalue weighted by molar-refractivity contribution is 0.0697. The Kier molecular flexibility index (Phi) is 7.76. The van der Waals surface area contributed by atoms with Gasteiger partial charge in [0, 0.05) is 31.9 Å². The normalized spacial score (nSPS) is 14.3. The maximum Gasteiger partial charge on any atom is 0.255 e. The molecule has 0 aliphatic carbocycles. The minimum atomic E-state index is -3.71. The van der Waals surface area contributed by atoms with Crippen molar-refractivity contribution >= 4 is 15.9 Å². The zero-order valence-corrected chi connectivity index (χ0v) is 24.8. The van der Waals surface area contributed by atoms with E-state index in [0.29, 0.717) is 33.3 Å². The van der Waals surface area contributed by atoms with Gasteiger partial charge in [-0.2, -0.15) is 4.31 Å². The molecular weight excluding hydrogens is 541 g/mol. The van der Waals surface area contributed by atoms with Gasteiger partial charge in [0.15, 0.2) is 0 Å². The molecule has 1 aliphatic rings. The van der Waals surface area contributed by atoms with Crippen molar-refractivity contribution in [2.24, 2.45) is 0 Å². The van der Waals surface area contributed by atoms with Crippen LogP contribution in [0.1, 0.15) is 32.7 Å². The molecule has 0 radical (unpaired) electrons. The first-order valence-electron chi connectivity index (χ1n) is 13.5. The molecule has 0 saturated carbocycles. The molecule has 214 valence electrons. The van der Waals surface area contributed by atoms with Gasteiger partial charge in [-0.15, -0.1) is 0 Å². The number of benzene rings is 3. The second-order valence-electron chi connectivity index (χ2n) is 10.5. The predicted molar refractivity (Wildman–Crippen MR) is 158 cm³/mol. The molecule has 7 nitrogen and oxygen atoms in total. The van der Waals surface area contributed by atoms with Crippen molar-refractivity contribution in [2.45, 2.75) is 32.6 Å². The van der Waals surface area contributed by atoms with E-state index < -0.39 is 15.8 Å². The Morgan fingerprint density at radius 3 is 2.05 bits per heavy atom. The number of sulfonamides is 1. The molecular formula is C32H34FN3O4S. The summed E-state index contributed by atoms with van der Waals surface area (Å²) in [7, 11) is -2.12. The van der Waals surface area contributed by atoms with Crippen molar-refractivity contribution in [1.29, 1.82) is 0 Å². The number of hydrogen-bond donors (Lipinski definition) is 0. The quantitative estimate of drug-likeness (QED) is 0.297. The summed E-state index contributed by atoms with van der Waals surface area (Å²) in [5.74, 6) is 0.0715. The zero-order valence-electron chi connectivity index (χ0n) is 23.9. The molecule has 2 heterocycles. The van der Waals surface area contributed by atoms with Crippen LogP contribution in [-0.4, -0.2) is 61.4 Å². The maximum absolute atomic E-state index is 15.0. The van der Waals surface area contributed by atoms with Crippen LogP contribution in [-0.2, 0) is 10.0 Å². The lowest BCUT2D eigenvalue weighted by Crippen LogP contribution is -2.50. The largest absolute Gasteiger partial charge is 0.497 e. The number of carbonyl (C=O) groups is 1. The van der Waals surface area contributed by atoms with Crippen LogP contribution in [0.3, 0.4) is 0 Å². The van der Waals surface area contributed by atoms with Crippen molar-refractivity contribution in [1.82, 2.24) is 13.8 Å². The molecule has 1 fully saturated rings. The van der Waals surface area contributed by atoms with Crippen molar-refractivity contribution in [3.05, 3.63) is 100 Å². The lowest BCUT2D eigenvalue weighted by atomic mass is 10.1. The molecule has 1 saturated heterocycles. The Balaban J connectivity index is 1.45. The SMILES string of the molecule is COc1ccc(-c2cc(C(=O)N3CCN(S(=O)(=O)c4c(C)cc(C)cc4C)CC3)c(C)n2-c2ccccc2F)cc1. The van der Waals surface area contributed by atoms with Crippen LogP contribution in [0.4, 0.5) is 4.39 Å². The number of nitrogens with zero attached hydrogens (tertiary/aromatic N) is 3. The van der Waals surface area contributed by atoms with E-state index in [1.807, 2.05) is 57.2 Å². The predicted octanol–water partition coefficient (Wildman–Crippen LogP) is 5.67. The van der Waals surface area contributed by atoms with E-state index in [0.717, 1.165) is 22.3 Å². The number of aryl methyl sites for hydroxylation is 3. The summed E-state index contributed by atoms with van der Waals surface area (Å²) in [6, 6.07) is 19.4. The molecule has 1 amide bonds. The number of para-hydroxylation sites is 1. The summed E-state index contributed by atoms with van der Waals surface area (Å²) >= 11 is 0. The third-order valence-corrected chi connectivity index (χ3v) is 9.89. The van der Waals surface area contributed by atoms with Gasteiger partial charge in [-0.3, -0.25) is 4.79 Å². The van der Waals surface area contributed by atoms with Crippen LogP contribution in [0.15, 0.2) is 71.6 Å². The third-order valence-electron chi connectivity index (χ3n) is 7.69. The fraction of sp³-hybridized carbons (Fsp3) is 0.281. The lowest BCUT2D eigenvalue weighted by Gasteiger charge is -2.34. The topological polar surface area (TPSA) is 71.8 Å². The first-order chi connectivity index (χ1) is 19.5. The Morgan fingerprint density at radius 2 is 1.46 bits per heavy atom. The zero-order chi connectivity index (χ0) is 29.5. The van der Waals surface area contributed by atoms with Gasteiger partial charge in [0.05, 0.1) is 29.0 Å². The van der Waals surface area contributed by atoms with Crippen molar-refractivity contribution in [3.8, 4) is 22.7 Å². The van der Waals surface area contributed by atoms with Crippen LogP contribution in [0.25, 0.3) is 16.9 Å². The number of ether oxygens (including phenoxy) is 1. The monoisotopic (exact) mass is 575 g/mol. The number of amides is 1. The fourth-order valence-corrected chi connectivity index (χ4v) is 7.58. The highest BCUT2D eigenvalue weighted by atomic mass is 32.2. The Labute approximate surface area is 240 Å². The van der Waals surface area contributed by atoms with Crippen LogP contribution >= 0.6 is 0 Å². The minimum Gasteiger partial charge on any atom is -0.497 e. The van der Waals surface area contributed by atoms with Crippen LogP contribution in [0.5, 0.6) is 5.75 Å². The Bertz CT molecular complexity index is 1700. The van der Waals surface area contributed by atoms with Gasteiger partial charge in [0.25, 0.3) is 5.91 Å². The second-order valence-corrected chi connectivity index (χ2v) is 12.3. The van der Waals surface area contributed by atoms with Crippen LogP contribution in [0, 0.1) is 33.5 Å². The summed E-state index contributed by atoms with van der Waals surface area (Å²) < 4.78 is 50.6. The number of hydrogen-bond acceptors (Lipinski definition) is 4. The third kappa shape index (κ3) is 5.27. The van der Waals surface area contributed by atoms with Gasteiger partial charge in [0.1, 0.15) is 11.6 Å². The summed E-state index contributed by atoms with van der Waals surface area (Å²) in [4.78, 5) is 15.8. The standard InChI is InChI=1S/C32H34FN3O4S/c1-21-18-22(2)31(23(3)19-21)41(38,39)35-16-14-34(15-17-35)32(37)27-20-30(25-10-12-26(40-5)13-11-25)36(24(27)4)29-9-7-6-8-28(29)33/h6-13,18-20H,14-17H2,1-5H3. The second kappa shape index (κ2) is 11.1. The number of halogens is 1. The van der Waals surface area contributed by atoms with Gasteiger partial charge in [-0.25, -0.2) is 12.8 Å². The van der Waals surface area contributed by atoms with Gasteiger partial charge in [0.2, 0.25) is 10.0 Å². The van der Waals surface area contributed by atoms with Crippen molar-refractivity contribution in [2.75, 3.05) is 33.3 Å². The van der Waals surface area contributed by atoms with Crippen molar-refractivity contribution < 1.29 is 22.3 Å². The smallest absolute Gasteiger partial charge is 0.255 e. The maximum atomic E-state index is 15.0. The molecule has 1 aliphatic heterocycles. The van der Waals surface area contributed by atoms with E-state index in [1.165, 1.54) is 10.4 Å². The molecule has 4 aromatic rings. The van der Waals surface area contributed by atoms with E-state index >= 15 is 4.39 Å². The number of methoxy groups -OCH3 is 1. The molecule has 41 heavy (non-hydrogen) atoms. The van der Waals surface area contributed by atoms with E-state index in [1.54, 1.807) is 47.8 Å². The molecule has 5 rings (SSSR count). The van der Waals surface area contributed by atoms with Crippen molar-refractivity contribution in [3.63, 3.8) is 0 Å². The average Bonchev–Trinajstić information content (AvgIpc) is 3.29. The van der Waals surface area contributed by atoms with E-state index in [-0.39, 0.29) is 32.1 Å². The summed E-state index contributed by atoms with van der Waals surface area (Å²) in [5, 5.41) is 0. The number of rotatable bonds is 6. The molecule has 0 N–H and O–H groups in total. The summed E-state index contributed by atoms with van der Waals surface area (Å²) in [6.07, 6.45) is 0. The average molecular weight is 576 g/mol. The van der Waals surface area contributed by atoms with E-state index in [2.05, 4.69) is 0 Å². The van der Waals surface area contributed by atoms with Gasteiger partial charge in [-0.1, -0.05) is 29.8 Å². The molecule has 0 bridgehead atoms. The van der Waals surface area contributed by atoms with Crippen LogP contribution in [0.2, 0.25) is 0 Å². The van der Waals surface area contributed by atoms with Gasteiger partial charge in [-0.05, 0) is 86.8 Å². The highest BCUT2D eigenvalue weighted by Crippen LogP contribution is 2.33. The number of aromatic nitrogens is 1. The fourth-order valence-electron chi connectivity index (χ4n) is 5.75. The highest BCUT2D eigenvalue weighted by molar-refractivity contribution is 7.89. The minimum absolute atomic E-state index is 0.194.